The van der Waals surface area contributed by atoms with Gasteiger partial charge in [-0.05, 0) is 30.3 Å². The Balaban J connectivity index is 1.90. The molecule has 0 atom stereocenters. The van der Waals surface area contributed by atoms with E-state index < -0.39 is 18.5 Å². The molecule has 0 radical (unpaired) electrons. The van der Waals surface area contributed by atoms with E-state index in [1.54, 1.807) is 30.3 Å². The molecule has 7 nitrogen and oxygen atoms in total. The van der Waals surface area contributed by atoms with Gasteiger partial charge in [-0.25, -0.2) is 9.78 Å². The zero-order valence-electron chi connectivity index (χ0n) is 12.4. The molecule has 1 aromatic carbocycles. The van der Waals surface area contributed by atoms with E-state index in [9.17, 15) is 14.4 Å². The van der Waals surface area contributed by atoms with Crippen molar-refractivity contribution >= 4 is 23.5 Å². The number of benzene rings is 1. The molecule has 0 aliphatic carbocycles. The summed E-state index contributed by atoms with van der Waals surface area (Å²) < 4.78 is 4.87. The van der Waals surface area contributed by atoms with Gasteiger partial charge >= 0.3 is 5.97 Å². The Kier molecular flexibility index (Phi) is 5.40. The summed E-state index contributed by atoms with van der Waals surface area (Å²) in [5, 5.41) is 5.04. The molecule has 0 saturated carbocycles. The Morgan fingerprint density at radius 2 is 1.96 bits per heavy atom. The lowest BCUT2D eigenvalue weighted by Gasteiger charge is -2.07. The zero-order chi connectivity index (χ0) is 16.7. The van der Waals surface area contributed by atoms with E-state index in [-0.39, 0.29) is 11.6 Å². The first-order chi connectivity index (χ1) is 11.1. The van der Waals surface area contributed by atoms with Crippen molar-refractivity contribution in [1.29, 1.82) is 0 Å². The molecule has 0 aliphatic rings. The molecule has 2 aromatic rings. The lowest BCUT2D eigenvalue weighted by atomic mass is 10.2. The maximum atomic E-state index is 11.8. The van der Waals surface area contributed by atoms with E-state index >= 15 is 0 Å². The SMILES string of the molecule is CNC(=O)c1cccc(NC(=O)COC(=O)c2ccccn2)c1. The number of nitrogens with one attached hydrogen (secondary N) is 2. The van der Waals surface area contributed by atoms with Gasteiger partial charge in [0.15, 0.2) is 6.61 Å². The number of anilines is 1. The fourth-order valence-electron chi connectivity index (χ4n) is 1.77. The van der Waals surface area contributed by atoms with E-state index in [4.69, 9.17) is 4.74 Å². The number of hydrogen-bond acceptors (Lipinski definition) is 5. The number of carbonyl (C=O) groups is 3. The molecule has 1 aromatic heterocycles. The number of esters is 1. The summed E-state index contributed by atoms with van der Waals surface area (Å²) in [6.45, 7) is -0.445. The van der Waals surface area contributed by atoms with Crippen LogP contribution in [-0.2, 0) is 9.53 Å². The smallest absolute Gasteiger partial charge is 0.357 e. The lowest BCUT2D eigenvalue weighted by molar-refractivity contribution is -0.119. The first kappa shape index (κ1) is 16.2. The Morgan fingerprint density at radius 3 is 2.65 bits per heavy atom. The lowest BCUT2D eigenvalue weighted by Crippen LogP contribution is -2.22. The highest BCUT2D eigenvalue weighted by molar-refractivity contribution is 5.98. The second-order valence-corrected chi connectivity index (χ2v) is 4.50. The Hall–Kier alpha value is -3.22. The maximum Gasteiger partial charge on any atom is 0.357 e. The molecule has 0 bridgehead atoms. The summed E-state index contributed by atoms with van der Waals surface area (Å²) in [5.74, 6) is -1.45. The molecule has 0 saturated heterocycles. The van der Waals surface area contributed by atoms with Crippen molar-refractivity contribution < 1.29 is 19.1 Å². The first-order valence-electron chi connectivity index (χ1n) is 6.80. The van der Waals surface area contributed by atoms with Gasteiger partial charge in [-0.2, -0.15) is 0 Å². The van der Waals surface area contributed by atoms with Crippen molar-refractivity contribution in [2.24, 2.45) is 0 Å². The zero-order valence-corrected chi connectivity index (χ0v) is 12.4. The molecule has 2 rings (SSSR count). The van der Waals surface area contributed by atoms with Crippen LogP contribution in [-0.4, -0.2) is 36.4 Å². The summed E-state index contributed by atoms with van der Waals surface area (Å²) in [5.41, 5.74) is 0.975. The molecule has 118 valence electrons. The normalized spacial score (nSPS) is 9.78. The van der Waals surface area contributed by atoms with Crippen LogP contribution >= 0.6 is 0 Å². The van der Waals surface area contributed by atoms with E-state index in [1.807, 2.05) is 0 Å². The minimum Gasteiger partial charge on any atom is -0.451 e. The van der Waals surface area contributed by atoms with Gasteiger partial charge in [0.05, 0.1) is 0 Å². The first-order valence-corrected chi connectivity index (χ1v) is 6.80. The third-order valence-corrected chi connectivity index (χ3v) is 2.84. The predicted octanol–water partition coefficient (Wildman–Crippen LogP) is 1.24. The summed E-state index contributed by atoms with van der Waals surface area (Å²) in [7, 11) is 1.52. The third kappa shape index (κ3) is 4.63. The van der Waals surface area contributed by atoms with Crippen LogP contribution in [0.25, 0.3) is 0 Å². The van der Waals surface area contributed by atoms with Crippen molar-refractivity contribution in [2.75, 3.05) is 19.0 Å². The summed E-state index contributed by atoms with van der Waals surface area (Å²) in [6, 6.07) is 11.2. The molecule has 1 heterocycles. The summed E-state index contributed by atoms with van der Waals surface area (Å²) in [6.07, 6.45) is 1.46. The van der Waals surface area contributed by atoms with Crippen molar-refractivity contribution in [2.45, 2.75) is 0 Å². The molecule has 7 heteroatoms. The summed E-state index contributed by atoms with van der Waals surface area (Å²) >= 11 is 0. The van der Waals surface area contributed by atoms with E-state index in [0.717, 1.165) is 0 Å². The second-order valence-electron chi connectivity index (χ2n) is 4.50. The van der Waals surface area contributed by atoms with Gasteiger partial charge in [0.2, 0.25) is 0 Å². The van der Waals surface area contributed by atoms with E-state index in [2.05, 4.69) is 15.6 Å². The molecular formula is C16H15N3O4. The molecule has 0 spiro atoms. The highest BCUT2D eigenvalue weighted by Gasteiger charge is 2.11. The van der Waals surface area contributed by atoms with E-state index in [1.165, 1.54) is 25.4 Å². The average molecular weight is 313 g/mol. The van der Waals surface area contributed by atoms with Crippen molar-refractivity contribution in [3.05, 3.63) is 59.9 Å². The number of rotatable bonds is 5. The molecule has 0 fully saturated rings. The van der Waals surface area contributed by atoms with Crippen molar-refractivity contribution in [3.8, 4) is 0 Å². The standard InChI is InChI=1S/C16H15N3O4/c1-17-15(21)11-5-4-6-12(9-11)19-14(20)10-23-16(22)13-7-2-3-8-18-13/h2-9H,10H2,1H3,(H,17,21)(H,19,20). The monoisotopic (exact) mass is 313 g/mol. The highest BCUT2D eigenvalue weighted by atomic mass is 16.5. The Bertz CT molecular complexity index is 716. The molecule has 0 aliphatic heterocycles. The minimum absolute atomic E-state index is 0.127. The van der Waals surface area contributed by atoms with Gasteiger partial charge in [0.1, 0.15) is 5.69 Å². The Morgan fingerprint density at radius 1 is 1.13 bits per heavy atom. The fraction of sp³-hybridized carbons (Fsp3) is 0.125. The van der Waals surface area contributed by atoms with Gasteiger partial charge < -0.3 is 15.4 Å². The van der Waals surface area contributed by atoms with Gasteiger partial charge in [-0.15, -0.1) is 0 Å². The number of hydrogen-bond donors (Lipinski definition) is 2. The topological polar surface area (TPSA) is 97.4 Å². The molecule has 0 unspecified atom stereocenters. The number of ether oxygens (including phenoxy) is 1. The van der Waals surface area contributed by atoms with Crippen LogP contribution in [0.3, 0.4) is 0 Å². The van der Waals surface area contributed by atoms with Gasteiger partial charge in [-0.3, -0.25) is 9.59 Å². The largest absolute Gasteiger partial charge is 0.451 e. The number of amides is 2. The van der Waals surface area contributed by atoms with Crippen LogP contribution in [0.2, 0.25) is 0 Å². The fourth-order valence-corrected chi connectivity index (χ4v) is 1.77. The maximum absolute atomic E-state index is 11.8. The van der Waals surface area contributed by atoms with Crippen LogP contribution < -0.4 is 10.6 Å². The van der Waals surface area contributed by atoms with Crippen LogP contribution in [0, 0.1) is 0 Å². The molecule has 23 heavy (non-hydrogen) atoms. The van der Waals surface area contributed by atoms with Crippen molar-refractivity contribution in [1.82, 2.24) is 10.3 Å². The second kappa shape index (κ2) is 7.69. The quantitative estimate of drug-likeness (QED) is 0.809. The predicted molar refractivity (Wildman–Crippen MR) is 83.0 cm³/mol. The third-order valence-electron chi connectivity index (χ3n) is 2.84. The average Bonchev–Trinajstić information content (AvgIpc) is 2.60. The molecule has 2 N–H and O–H groups in total. The number of carbonyl (C=O) groups excluding carboxylic acids is 3. The van der Waals surface area contributed by atoms with Crippen LogP contribution in [0.4, 0.5) is 5.69 Å². The van der Waals surface area contributed by atoms with Gasteiger partial charge in [0.25, 0.3) is 11.8 Å². The number of pyridine rings is 1. The van der Waals surface area contributed by atoms with E-state index in [0.29, 0.717) is 11.3 Å². The van der Waals surface area contributed by atoms with Gasteiger partial charge in [-0.1, -0.05) is 12.1 Å². The molecular weight excluding hydrogens is 298 g/mol. The highest BCUT2D eigenvalue weighted by Crippen LogP contribution is 2.10. The Labute approximate surface area is 132 Å². The van der Waals surface area contributed by atoms with Crippen LogP contribution in [0.5, 0.6) is 0 Å². The minimum atomic E-state index is -0.681. The van der Waals surface area contributed by atoms with Crippen molar-refractivity contribution in [3.63, 3.8) is 0 Å². The van der Waals surface area contributed by atoms with Crippen LogP contribution in [0.15, 0.2) is 48.7 Å². The number of nitrogens with zero attached hydrogens (tertiary/aromatic N) is 1. The van der Waals surface area contributed by atoms with Crippen LogP contribution in [0.1, 0.15) is 20.8 Å². The summed E-state index contributed by atoms with van der Waals surface area (Å²) in [4.78, 5) is 38.8. The van der Waals surface area contributed by atoms with Gasteiger partial charge in [0, 0.05) is 24.5 Å². The number of aromatic nitrogens is 1. The molecule has 2 amide bonds.